The van der Waals surface area contributed by atoms with Crippen molar-refractivity contribution in [2.24, 2.45) is 5.16 Å². The fourth-order valence-corrected chi connectivity index (χ4v) is 1.93. The van der Waals surface area contributed by atoms with Gasteiger partial charge in [0.1, 0.15) is 0 Å². The summed E-state index contributed by atoms with van der Waals surface area (Å²) in [5, 5.41) is 12.3. The molecule has 1 aliphatic carbocycles. The van der Waals surface area contributed by atoms with Gasteiger partial charge in [0.05, 0.1) is 5.71 Å². The van der Waals surface area contributed by atoms with Crippen LogP contribution in [-0.2, 0) is 0 Å². The molecule has 2 heteroatoms. The third-order valence-electron chi connectivity index (χ3n) is 2.74. The molecule has 2 rings (SSSR count). The van der Waals surface area contributed by atoms with Crippen molar-refractivity contribution >= 4 is 11.8 Å². The van der Waals surface area contributed by atoms with Gasteiger partial charge in [0.2, 0.25) is 0 Å². The van der Waals surface area contributed by atoms with Gasteiger partial charge in [-0.1, -0.05) is 35.5 Å². The van der Waals surface area contributed by atoms with Crippen molar-refractivity contribution in [1.82, 2.24) is 0 Å². The lowest BCUT2D eigenvalue weighted by molar-refractivity contribution is 0.316. The molecule has 0 spiro atoms. The molecule has 1 aromatic carbocycles. The third-order valence-corrected chi connectivity index (χ3v) is 2.74. The SMILES string of the molecule is ON=C1CCCCC1=Cc1ccccc1. The molecule has 1 aromatic rings. The normalized spacial score (nSPS) is 22.1. The highest BCUT2D eigenvalue weighted by Crippen LogP contribution is 2.23. The number of benzene rings is 1. The van der Waals surface area contributed by atoms with E-state index in [0.717, 1.165) is 25.0 Å². The van der Waals surface area contributed by atoms with Gasteiger partial charge in [0.15, 0.2) is 0 Å². The number of hydrogen-bond acceptors (Lipinski definition) is 2. The summed E-state index contributed by atoms with van der Waals surface area (Å²) in [5.74, 6) is 0. The summed E-state index contributed by atoms with van der Waals surface area (Å²) in [7, 11) is 0. The molecule has 2 nitrogen and oxygen atoms in total. The number of nitrogens with zero attached hydrogens (tertiary/aromatic N) is 1. The predicted molar refractivity (Wildman–Crippen MR) is 62.1 cm³/mol. The third kappa shape index (κ3) is 2.46. The van der Waals surface area contributed by atoms with E-state index in [2.05, 4.69) is 23.4 Å². The average molecular weight is 201 g/mol. The van der Waals surface area contributed by atoms with Gasteiger partial charge >= 0.3 is 0 Å². The van der Waals surface area contributed by atoms with Crippen LogP contribution in [0.4, 0.5) is 0 Å². The van der Waals surface area contributed by atoms with Crippen LogP contribution in [0.2, 0.25) is 0 Å². The number of oxime groups is 1. The number of rotatable bonds is 1. The van der Waals surface area contributed by atoms with Crippen molar-refractivity contribution in [3.05, 3.63) is 41.5 Å². The summed E-state index contributed by atoms with van der Waals surface area (Å²) in [6.45, 7) is 0. The molecular formula is C13H15NO. The molecule has 1 fully saturated rings. The van der Waals surface area contributed by atoms with E-state index in [-0.39, 0.29) is 0 Å². The van der Waals surface area contributed by atoms with Gasteiger partial charge in [-0.3, -0.25) is 0 Å². The summed E-state index contributed by atoms with van der Waals surface area (Å²) in [4.78, 5) is 0. The zero-order valence-corrected chi connectivity index (χ0v) is 8.69. The monoisotopic (exact) mass is 201 g/mol. The lowest BCUT2D eigenvalue weighted by Gasteiger charge is -2.15. The highest BCUT2D eigenvalue weighted by molar-refractivity contribution is 6.03. The second-order valence-corrected chi connectivity index (χ2v) is 3.83. The minimum atomic E-state index is 0.852. The maximum Gasteiger partial charge on any atom is 0.0827 e. The van der Waals surface area contributed by atoms with Crippen molar-refractivity contribution in [1.29, 1.82) is 0 Å². The molecule has 0 aliphatic heterocycles. The average Bonchev–Trinajstić information content (AvgIpc) is 2.31. The van der Waals surface area contributed by atoms with Crippen molar-refractivity contribution in [2.75, 3.05) is 0 Å². The lowest BCUT2D eigenvalue weighted by Crippen LogP contribution is -2.08. The van der Waals surface area contributed by atoms with E-state index in [4.69, 9.17) is 5.21 Å². The van der Waals surface area contributed by atoms with Crippen LogP contribution in [-0.4, -0.2) is 10.9 Å². The van der Waals surface area contributed by atoms with E-state index in [1.807, 2.05) is 18.2 Å². The molecule has 0 bridgehead atoms. The number of hydrogen-bond donors (Lipinski definition) is 1. The van der Waals surface area contributed by atoms with Crippen molar-refractivity contribution < 1.29 is 5.21 Å². The van der Waals surface area contributed by atoms with Crippen LogP contribution in [0.25, 0.3) is 6.08 Å². The Hall–Kier alpha value is -1.57. The van der Waals surface area contributed by atoms with Crippen LogP contribution in [0.1, 0.15) is 31.2 Å². The Balaban J connectivity index is 2.25. The van der Waals surface area contributed by atoms with Gasteiger partial charge in [-0.25, -0.2) is 0 Å². The summed E-state index contributed by atoms with van der Waals surface area (Å²) < 4.78 is 0. The Morgan fingerprint density at radius 1 is 1.07 bits per heavy atom. The fraction of sp³-hybridized carbons (Fsp3) is 0.308. The molecule has 0 heterocycles. The predicted octanol–water partition coefficient (Wildman–Crippen LogP) is 3.47. The second kappa shape index (κ2) is 4.78. The van der Waals surface area contributed by atoms with Crippen LogP contribution >= 0.6 is 0 Å². The van der Waals surface area contributed by atoms with E-state index >= 15 is 0 Å². The lowest BCUT2D eigenvalue weighted by atomic mass is 9.91. The molecule has 1 aliphatic rings. The van der Waals surface area contributed by atoms with Crippen LogP contribution in [0, 0.1) is 0 Å². The van der Waals surface area contributed by atoms with Gasteiger partial charge in [-0.05, 0) is 42.9 Å². The van der Waals surface area contributed by atoms with Gasteiger partial charge in [0, 0.05) is 0 Å². The maximum atomic E-state index is 8.89. The Morgan fingerprint density at radius 2 is 1.80 bits per heavy atom. The van der Waals surface area contributed by atoms with Crippen molar-refractivity contribution in [3.63, 3.8) is 0 Å². The van der Waals surface area contributed by atoms with E-state index in [1.54, 1.807) is 0 Å². The van der Waals surface area contributed by atoms with Gasteiger partial charge in [-0.2, -0.15) is 0 Å². The molecule has 0 amide bonds. The summed E-state index contributed by atoms with van der Waals surface area (Å²) in [5.41, 5.74) is 3.20. The zero-order valence-electron chi connectivity index (χ0n) is 8.69. The highest BCUT2D eigenvalue weighted by Gasteiger charge is 2.13. The first-order valence-electron chi connectivity index (χ1n) is 5.37. The first kappa shape index (κ1) is 9.97. The van der Waals surface area contributed by atoms with E-state index in [1.165, 1.54) is 17.6 Å². The first-order chi connectivity index (χ1) is 7.40. The van der Waals surface area contributed by atoms with Gasteiger partial charge in [0.25, 0.3) is 0 Å². The van der Waals surface area contributed by atoms with E-state index in [9.17, 15) is 0 Å². The molecule has 1 N–H and O–H groups in total. The smallest absolute Gasteiger partial charge is 0.0827 e. The topological polar surface area (TPSA) is 32.6 Å². The minimum Gasteiger partial charge on any atom is -0.411 e. The molecule has 78 valence electrons. The Bertz CT molecular complexity index is 379. The largest absolute Gasteiger partial charge is 0.411 e. The van der Waals surface area contributed by atoms with Crippen LogP contribution in [0.3, 0.4) is 0 Å². The summed E-state index contributed by atoms with van der Waals surface area (Å²) in [6, 6.07) is 10.2. The van der Waals surface area contributed by atoms with Crippen LogP contribution < -0.4 is 0 Å². The Labute approximate surface area is 89.9 Å². The van der Waals surface area contributed by atoms with Gasteiger partial charge < -0.3 is 5.21 Å². The molecule has 0 unspecified atom stereocenters. The minimum absolute atomic E-state index is 0.852. The second-order valence-electron chi connectivity index (χ2n) is 3.83. The first-order valence-corrected chi connectivity index (χ1v) is 5.37. The number of allylic oxidation sites excluding steroid dienone is 1. The standard InChI is InChI=1S/C13H15NO/c15-14-13-9-5-4-8-12(13)10-11-6-2-1-3-7-11/h1-3,6-7,10,15H,4-5,8-9H2. The molecule has 0 saturated heterocycles. The van der Waals surface area contributed by atoms with Crippen LogP contribution in [0.5, 0.6) is 0 Å². The zero-order chi connectivity index (χ0) is 10.5. The molecule has 0 atom stereocenters. The van der Waals surface area contributed by atoms with E-state index in [0.29, 0.717) is 0 Å². The molecular weight excluding hydrogens is 186 g/mol. The molecule has 1 saturated carbocycles. The Morgan fingerprint density at radius 3 is 2.53 bits per heavy atom. The van der Waals surface area contributed by atoms with Crippen molar-refractivity contribution in [3.8, 4) is 0 Å². The molecule has 0 aromatic heterocycles. The highest BCUT2D eigenvalue weighted by atomic mass is 16.4. The van der Waals surface area contributed by atoms with Crippen LogP contribution in [0.15, 0.2) is 41.1 Å². The van der Waals surface area contributed by atoms with E-state index < -0.39 is 0 Å². The molecule has 0 radical (unpaired) electrons. The summed E-state index contributed by atoms with van der Waals surface area (Å²) in [6.07, 6.45) is 6.36. The quantitative estimate of drug-likeness (QED) is 0.547. The Kier molecular flexibility index (Phi) is 3.18. The fourth-order valence-electron chi connectivity index (χ4n) is 1.93. The molecule has 15 heavy (non-hydrogen) atoms. The maximum absolute atomic E-state index is 8.89. The summed E-state index contributed by atoms with van der Waals surface area (Å²) >= 11 is 0. The van der Waals surface area contributed by atoms with Crippen molar-refractivity contribution in [2.45, 2.75) is 25.7 Å². The van der Waals surface area contributed by atoms with Gasteiger partial charge in [-0.15, -0.1) is 0 Å².